The van der Waals surface area contributed by atoms with Crippen molar-refractivity contribution < 1.29 is 4.42 Å². The summed E-state index contributed by atoms with van der Waals surface area (Å²) in [5, 5.41) is 11.9. The van der Waals surface area contributed by atoms with Crippen molar-refractivity contribution in [2.24, 2.45) is 0 Å². The van der Waals surface area contributed by atoms with Crippen LogP contribution in [0.2, 0.25) is 0 Å². The number of aromatic nitrogens is 3. The number of hydrogen-bond acceptors (Lipinski definition) is 5. The van der Waals surface area contributed by atoms with E-state index < -0.39 is 0 Å². The van der Waals surface area contributed by atoms with E-state index in [-0.39, 0.29) is 5.41 Å². The van der Waals surface area contributed by atoms with Crippen LogP contribution >= 0.6 is 0 Å². The van der Waals surface area contributed by atoms with Crippen LogP contribution in [0.25, 0.3) is 89.5 Å². The first-order valence-corrected chi connectivity index (χ1v) is 19.8. The third kappa shape index (κ3) is 5.40. The number of nitriles is 1. The summed E-state index contributed by atoms with van der Waals surface area (Å²) in [6, 6.07) is 57.3. The minimum Gasteiger partial charge on any atom is -0.455 e. The predicted molar refractivity (Wildman–Crippen MR) is 228 cm³/mol. The van der Waals surface area contributed by atoms with Crippen LogP contribution in [0.4, 0.5) is 0 Å². The fourth-order valence-corrected chi connectivity index (χ4v) is 9.49. The molecule has 5 heteroatoms. The van der Waals surface area contributed by atoms with Gasteiger partial charge in [-0.05, 0) is 87.7 Å². The fourth-order valence-electron chi connectivity index (χ4n) is 9.49. The van der Waals surface area contributed by atoms with Crippen molar-refractivity contribution in [2.45, 2.75) is 37.5 Å². The van der Waals surface area contributed by atoms with E-state index in [0.29, 0.717) is 17.5 Å². The number of fused-ring (bicyclic) bond motifs is 8. The maximum absolute atomic E-state index is 9.84. The summed E-state index contributed by atoms with van der Waals surface area (Å²) in [5.41, 5.74) is 15.0. The maximum atomic E-state index is 9.84. The van der Waals surface area contributed by atoms with Gasteiger partial charge in [-0.1, -0.05) is 147 Å². The monoisotopic (exact) mass is 732 g/mol. The van der Waals surface area contributed by atoms with E-state index in [1.807, 2.05) is 66.7 Å². The van der Waals surface area contributed by atoms with Crippen LogP contribution in [0, 0.1) is 11.3 Å². The number of para-hydroxylation sites is 2. The van der Waals surface area contributed by atoms with Gasteiger partial charge < -0.3 is 4.42 Å². The zero-order chi connectivity index (χ0) is 37.9. The van der Waals surface area contributed by atoms with Gasteiger partial charge in [-0.2, -0.15) is 5.26 Å². The van der Waals surface area contributed by atoms with Crippen LogP contribution in [0.3, 0.4) is 0 Å². The number of nitrogens with zero attached hydrogens (tertiary/aromatic N) is 4. The summed E-state index contributed by atoms with van der Waals surface area (Å²) < 4.78 is 6.40. The molecular weight excluding hydrogens is 697 g/mol. The first kappa shape index (κ1) is 33.2. The van der Waals surface area contributed by atoms with Gasteiger partial charge in [0.1, 0.15) is 11.2 Å². The number of furan rings is 1. The molecule has 0 bridgehead atoms. The summed E-state index contributed by atoms with van der Waals surface area (Å²) in [6.45, 7) is 0. The predicted octanol–water partition coefficient (Wildman–Crippen LogP) is 13.2. The van der Waals surface area contributed by atoms with Gasteiger partial charge in [-0.3, -0.25) is 0 Å². The molecule has 0 radical (unpaired) electrons. The fraction of sp³-hybridized carbons (Fsp3) is 0.115. The Hall–Kier alpha value is -7.16. The largest absolute Gasteiger partial charge is 0.455 e. The second kappa shape index (κ2) is 13.3. The Kier molecular flexibility index (Phi) is 7.72. The SMILES string of the molecule is N#Cc1ccc2c(c1)C1(CCCCC1)c1cccc(-c3cccc(-c4ccc(-c5nc(-c6ccccc6)nc(-c6cccc7c6oc6ccccc67)n5)cc4)c3)c1-2. The standard InChI is InChI=1S/C52H36N4O/c53-32-33-22-27-42-45(30-33)52(28-7-2-8-29-52)44-20-11-17-39(47(42)44)38-15-9-14-37(31-38)34-23-25-36(26-24-34)50-54-49(35-12-3-1-4-13-35)55-51(56-50)43-19-10-18-41-40-16-5-6-21-46(40)57-48(41)43/h1,3-6,9-27,30-31H,2,7-8,28-29H2. The molecule has 0 aliphatic heterocycles. The lowest BCUT2D eigenvalue weighted by Gasteiger charge is -2.36. The smallest absolute Gasteiger partial charge is 0.167 e. The normalized spacial score (nSPS) is 14.1. The molecule has 2 aromatic heterocycles. The lowest BCUT2D eigenvalue weighted by Crippen LogP contribution is -2.28. The average Bonchev–Trinajstić information content (AvgIpc) is 3.80. The Morgan fingerprint density at radius 2 is 1.12 bits per heavy atom. The minimum atomic E-state index is -0.0208. The molecule has 0 unspecified atom stereocenters. The van der Waals surface area contributed by atoms with Crippen molar-refractivity contribution in [3.63, 3.8) is 0 Å². The third-order valence-electron chi connectivity index (χ3n) is 12.2. The second-order valence-electron chi connectivity index (χ2n) is 15.4. The second-order valence-corrected chi connectivity index (χ2v) is 15.4. The van der Waals surface area contributed by atoms with E-state index in [1.54, 1.807) is 0 Å². The highest BCUT2D eigenvalue weighted by atomic mass is 16.3. The Labute approximate surface area is 331 Å². The molecule has 2 heterocycles. The maximum Gasteiger partial charge on any atom is 0.167 e. The van der Waals surface area contributed by atoms with E-state index in [0.717, 1.165) is 68.2 Å². The van der Waals surface area contributed by atoms with Gasteiger partial charge in [0.2, 0.25) is 0 Å². The number of benzene rings is 7. The molecule has 11 rings (SSSR count). The molecule has 7 aromatic carbocycles. The van der Waals surface area contributed by atoms with Crippen LogP contribution < -0.4 is 0 Å². The van der Waals surface area contributed by atoms with Crippen LogP contribution in [0.5, 0.6) is 0 Å². The van der Waals surface area contributed by atoms with Gasteiger partial charge in [0.05, 0.1) is 17.2 Å². The molecule has 2 aliphatic carbocycles. The van der Waals surface area contributed by atoms with Crippen molar-refractivity contribution >= 4 is 21.9 Å². The summed E-state index contributed by atoms with van der Waals surface area (Å²) in [4.78, 5) is 15.1. The van der Waals surface area contributed by atoms with Gasteiger partial charge in [-0.15, -0.1) is 0 Å². The first-order valence-electron chi connectivity index (χ1n) is 19.8. The highest BCUT2D eigenvalue weighted by molar-refractivity contribution is 6.09. The van der Waals surface area contributed by atoms with Crippen LogP contribution in [0.15, 0.2) is 162 Å². The molecule has 1 spiro atoms. The molecule has 0 atom stereocenters. The van der Waals surface area contributed by atoms with Crippen molar-refractivity contribution in [3.05, 3.63) is 174 Å². The van der Waals surface area contributed by atoms with Crippen LogP contribution in [0.1, 0.15) is 48.8 Å². The summed E-state index contributed by atoms with van der Waals surface area (Å²) in [5.74, 6) is 1.77. The van der Waals surface area contributed by atoms with Gasteiger partial charge in [0.25, 0.3) is 0 Å². The van der Waals surface area contributed by atoms with Crippen molar-refractivity contribution in [3.8, 4) is 73.6 Å². The average molecular weight is 733 g/mol. The van der Waals surface area contributed by atoms with Crippen molar-refractivity contribution in [1.29, 1.82) is 5.26 Å². The molecule has 0 N–H and O–H groups in total. The summed E-state index contributed by atoms with van der Waals surface area (Å²) in [7, 11) is 0. The molecule has 2 aliphatic rings. The molecule has 1 fully saturated rings. The van der Waals surface area contributed by atoms with E-state index in [9.17, 15) is 5.26 Å². The first-order chi connectivity index (χ1) is 28.2. The molecular formula is C52H36N4O. The van der Waals surface area contributed by atoms with E-state index in [1.165, 1.54) is 52.6 Å². The lowest BCUT2D eigenvalue weighted by molar-refractivity contribution is 0.353. The molecule has 0 saturated heterocycles. The molecule has 9 aromatic rings. The topological polar surface area (TPSA) is 75.6 Å². The van der Waals surface area contributed by atoms with E-state index >= 15 is 0 Å². The zero-order valence-corrected chi connectivity index (χ0v) is 31.2. The van der Waals surface area contributed by atoms with Gasteiger partial charge in [0.15, 0.2) is 17.5 Å². The molecule has 270 valence electrons. The highest BCUT2D eigenvalue weighted by Crippen LogP contribution is 2.58. The Bertz CT molecular complexity index is 3060. The molecule has 0 amide bonds. The van der Waals surface area contributed by atoms with Crippen LogP contribution in [-0.2, 0) is 5.41 Å². The minimum absolute atomic E-state index is 0.0208. The van der Waals surface area contributed by atoms with E-state index in [4.69, 9.17) is 19.4 Å². The quantitative estimate of drug-likeness (QED) is 0.176. The zero-order valence-electron chi connectivity index (χ0n) is 31.2. The van der Waals surface area contributed by atoms with E-state index in [2.05, 4.69) is 97.1 Å². The number of rotatable bonds is 5. The Morgan fingerprint density at radius 1 is 0.474 bits per heavy atom. The highest BCUT2D eigenvalue weighted by Gasteiger charge is 2.44. The Morgan fingerprint density at radius 3 is 1.95 bits per heavy atom. The van der Waals surface area contributed by atoms with Crippen molar-refractivity contribution in [2.75, 3.05) is 0 Å². The summed E-state index contributed by atoms with van der Waals surface area (Å²) >= 11 is 0. The summed E-state index contributed by atoms with van der Waals surface area (Å²) in [6.07, 6.45) is 5.95. The lowest BCUT2D eigenvalue weighted by atomic mass is 9.67. The Balaban J connectivity index is 0.985. The van der Waals surface area contributed by atoms with Crippen molar-refractivity contribution in [1.82, 2.24) is 15.0 Å². The number of hydrogen-bond donors (Lipinski definition) is 0. The van der Waals surface area contributed by atoms with Crippen LogP contribution in [-0.4, -0.2) is 15.0 Å². The van der Waals surface area contributed by atoms with Gasteiger partial charge >= 0.3 is 0 Å². The van der Waals surface area contributed by atoms with Gasteiger partial charge in [0, 0.05) is 27.3 Å². The molecule has 1 saturated carbocycles. The third-order valence-corrected chi connectivity index (χ3v) is 12.2. The molecule has 57 heavy (non-hydrogen) atoms. The molecule has 5 nitrogen and oxygen atoms in total. The van der Waals surface area contributed by atoms with Gasteiger partial charge in [-0.25, -0.2) is 15.0 Å².